The van der Waals surface area contributed by atoms with Crippen LogP contribution in [0.4, 0.5) is 5.69 Å². The Labute approximate surface area is 128 Å². The van der Waals surface area contributed by atoms with E-state index in [1.54, 1.807) is 13.8 Å². The van der Waals surface area contributed by atoms with Crippen molar-refractivity contribution in [3.63, 3.8) is 0 Å². The Hall–Kier alpha value is -2.32. The highest BCUT2D eigenvalue weighted by Crippen LogP contribution is 2.15. The summed E-state index contributed by atoms with van der Waals surface area (Å²) in [5.41, 5.74) is 0.653. The van der Waals surface area contributed by atoms with Crippen molar-refractivity contribution in [2.24, 2.45) is 0 Å². The summed E-state index contributed by atoms with van der Waals surface area (Å²) in [5, 5.41) is 2.62. The fourth-order valence-electron chi connectivity index (χ4n) is 1.71. The molecule has 7 nitrogen and oxygen atoms in total. The summed E-state index contributed by atoms with van der Waals surface area (Å²) in [7, 11) is -3.54. The molecule has 1 aromatic carbocycles. The van der Waals surface area contributed by atoms with Gasteiger partial charge in [0, 0.05) is 24.1 Å². The zero-order valence-electron chi connectivity index (χ0n) is 12.1. The van der Waals surface area contributed by atoms with Crippen molar-refractivity contribution >= 4 is 21.6 Å². The molecule has 2 aromatic rings. The highest BCUT2D eigenvalue weighted by molar-refractivity contribution is 7.89. The lowest BCUT2D eigenvalue weighted by atomic mass is 10.3. The number of anilines is 1. The molecule has 0 aliphatic heterocycles. The molecule has 0 bridgehead atoms. The summed E-state index contributed by atoms with van der Waals surface area (Å²) < 4.78 is 26.4. The number of amides is 1. The van der Waals surface area contributed by atoms with Gasteiger partial charge >= 0.3 is 0 Å². The predicted octanol–water partition coefficient (Wildman–Crippen LogP) is 1.42. The average Bonchev–Trinajstić information content (AvgIpc) is 2.47. The Morgan fingerprint density at radius 1 is 1.14 bits per heavy atom. The molecule has 0 saturated carbocycles. The largest absolute Gasteiger partial charge is 0.321 e. The zero-order valence-corrected chi connectivity index (χ0v) is 13.0. The lowest BCUT2D eigenvalue weighted by Gasteiger charge is -2.10. The van der Waals surface area contributed by atoms with E-state index in [1.165, 1.54) is 42.9 Å². The Bertz CT molecular complexity index is 743. The highest BCUT2D eigenvalue weighted by Gasteiger charge is 2.15. The minimum atomic E-state index is -3.54. The number of sulfonamides is 1. The summed E-state index contributed by atoms with van der Waals surface area (Å²) >= 11 is 0. The van der Waals surface area contributed by atoms with E-state index in [0.29, 0.717) is 5.69 Å². The van der Waals surface area contributed by atoms with Crippen LogP contribution in [0.1, 0.15) is 24.3 Å². The minimum absolute atomic E-state index is 0.138. The maximum atomic E-state index is 12.0. The molecule has 1 amide bonds. The van der Waals surface area contributed by atoms with Gasteiger partial charge in [-0.2, -0.15) is 0 Å². The molecular formula is C14H16N4O3S. The third-order valence-electron chi connectivity index (χ3n) is 2.61. The summed E-state index contributed by atoms with van der Waals surface area (Å²) in [4.78, 5) is 19.7. The molecule has 0 aliphatic rings. The normalized spacial score (nSPS) is 11.4. The van der Waals surface area contributed by atoms with E-state index in [4.69, 9.17) is 0 Å². The van der Waals surface area contributed by atoms with Crippen LogP contribution in [0.15, 0.2) is 47.8 Å². The predicted molar refractivity (Wildman–Crippen MR) is 81.9 cm³/mol. The molecular weight excluding hydrogens is 304 g/mol. The van der Waals surface area contributed by atoms with Crippen LogP contribution in [0.5, 0.6) is 0 Å². The first-order valence-corrected chi connectivity index (χ1v) is 8.06. The number of nitrogens with zero attached hydrogens (tertiary/aromatic N) is 2. The number of benzene rings is 1. The van der Waals surface area contributed by atoms with Crippen molar-refractivity contribution in [3.8, 4) is 0 Å². The fraction of sp³-hybridized carbons (Fsp3) is 0.214. The van der Waals surface area contributed by atoms with E-state index in [0.717, 1.165) is 0 Å². The molecule has 0 spiro atoms. The van der Waals surface area contributed by atoms with Crippen LogP contribution in [0, 0.1) is 0 Å². The van der Waals surface area contributed by atoms with Crippen molar-refractivity contribution < 1.29 is 13.2 Å². The molecule has 0 atom stereocenters. The van der Waals surface area contributed by atoms with Crippen molar-refractivity contribution in [1.29, 1.82) is 0 Å². The van der Waals surface area contributed by atoms with Gasteiger partial charge in [-0.1, -0.05) is 0 Å². The van der Waals surface area contributed by atoms with Crippen LogP contribution < -0.4 is 10.0 Å². The van der Waals surface area contributed by atoms with Crippen LogP contribution in [-0.4, -0.2) is 30.3 Å². The fourth-order valence-corrected chi connectivity index (χ4v) is 2.96. The SMILES string of the molecule is CC(C)NS(=O)(=O)c1ccc(NC(=O)c2cnccn2)cc1. The molecule has 0 radical (unpaired) electrons. The van der Waals surface area contributed by atoms with E-state index in [2.05, 4.69) is 20.0 Å². The Morgan fingerprint density at radius 2 is 1.82 bits per heavy atom. The average molecular weight is 320 g/mol. The number of aromatic nitrogens is 2. The topological polar surface area (TPSA) is 101 Å². The van der Waals surface area contributed by atoms with E-state index < -0.39 is 15.9 Å². The van der Waals surface area contributed by atoms with Crippen molar-refractivity contribution in [3.05, 3.63) is 48.5 Å². The summed E-state index contributed by atoms with van der Waals surface area (Å²) in [6, 6.07) is 5.70. The van der Waals surface area contributed by atoms with E-state index in [9.17, 15) is 13.2 Å². The molecule has 22 heavy (non-hydrogen) atoms. The molecule has 116 valence electrons. The molecule has 0 unspecified atom stereocenters. The Balaban J connectivity index is 2.11. The van der Waals surface area contributed by atoms with Crippen LogP contribution >= 0.6 is 0 Å². The zero-order chi connectivity index (χ0) is 16.2. The third kappa shape index (κ3) is 4.09. The van der Waals surface area contributed by atoms with Gasteiger partial charge in [0.25, 0.3) is 5.91 Å². The first-order valence-electron chi connectivity index (χ1n) is 6.58. The lowest BCUT2D eigenvalue weighted by molar-refractivity contribution is 0.102. The van der Waals surface area contributed by atoms with Crippen molar-refractivity contribution in [1.82, 2.24) is 14.7 Å². The van der Waals surface area contributed by atoms with Crippen LogP contribution in [0.2, 0.25) is 0 Å². The van der Waals surface area contributed by atoms with Gasteiger partial charge in [0.1, 0.15) is 5.69 Å². The molecule has 2 rings (SSSR count). The molecule has 0 saturated heterocycles. The molecule has 1 aromatic heterocycles. The summed E-state index contributed by atoms with van der Waals surface area (Å²) in [6.45, 7) is 3.49. The standard InChI is InChI=1S/C14H16N4O3S/c1-10(2)18-22(20,21)12-5-3-11(4-6-12)17-14(19)13-9-15-7-8-16-13/h3-10,18H,1-2H3,(H,17,19). The second kappa shape index (κ2) is 6.63. The van der Waals surface area contributed by atoms with Gasteiger partial charge in [0.15, 0.2) is 0 Å². The number of nitrogens with one attached hydrogen (secondary N) is 2. The number of hydrogen-bond acceptors (Lipinski definition) is 5. The Kier molecular flexibility index (Phi) is 4.84. The van der Waals surface area contributed by atoms with Gasteiger partial charge in [-0.05, 0) is 38.1 Å². The lowest BCUT2D eigenvalue weighted by Crippen LogP contribution is -2.30. The maximum absolute atomic E-state index is 12.0. The highest BCUT2D eigenvalue weighted by atomic mass is 32.2. The van der Waals surface area contributed by atoms with Gasteiger partial charge in [0.2, 0.25) is 10.0 Å². The van der Waals surface area contributed by atoms with Gasteiger partial charge in [-0.15, -0.1) is 0 Å². The smallest absolute Gasteiger partial charge is 0.275 e. The van der Waals surface area contributed by atoms with Crippen LogP contribution in [0.25, 0.3) is 0 Å². The molecule has 0 aliphatic carbocycles. The van der Waals surface area contributed by atoms with Crippen molar-refractivity contribution in [2.75, 3.05) is 5.32 Å². The number of rotatable bonds is 5. The summed E-state index contributed by atoms with van der Waals surface area (Å²) in [6.07, 6.45) is 4.24. The second-order valence-corrected chi connectivity index (χ2v) is 6.56. The van der Waals surface area contributed by atoms with E-state index >= 15 is 0 Å². The minimum Gasteiger partial charge on any atom is -0.321 e. The monoisotopic (exact) mass is 320 g/mol. The van der Waals surface area contributed by atoms with Crippen LogP contribution in [-0.2, 0) is 10.0 Å². The van der Waals surface area contributed by atoms with Crippen LogP contribution in [0.3, 0.4) is 0 Å². The quantitative estimate of drug-likeness (QED) is 0.867. The summed E-state index contributed by atoms with van der Waals surface area (Å²) in [5.74, 6) is -0.413. The Morgan fingerprint density at radius 3 is 2.36 bits per heavy atom. The number of carbonyl (C=O) groups excluding carboxylic acids is 1. The van der Waals surface area contributed by atoms with Gasteiger partial charge in [-0.25, -0.2) is 18.1 Å². The molecule has 1 heterocycles. The number of hydrogen-bond donors (Lipinski definition) is 2. The van der Waals surface area contributed by atoms with Crippen molar-refractivity contribution in [2.45, 2.75) is 24.8 Å². The van der Waals surface area contributed by atoms with E-state index in [1.807, 2.05) is 0 Å². The number of carbonyl (C=O) groups is 1. The molecule has 2 N–H and O–H groups in total. The van der Waals surface area contributed by atoms with Gasteiger partial charge in [0.05, 0.1) is 11.1 Å². The third-order valence-corrected chi connectivity index (χ3v) is 4.28. The van der Waals surface area contributed by atoms with E-state index in [-0.39, 0.29) is 16.6 Å². The molecule has 8 heteroatoms. The molecule has 0 fully saturated rings. The first-order chi connectivity index (χ1) is 10.4. The second-order valence-electron chi connectivity index (χ2n) is 4.85. The maximum Gasteiger partial charge on any atom is 0.275 e. The first kappa shape index (κ1) is 16.1. The van der Waals surface area contributed by atoms with Gasteiger partial charge in [-0.3, -0.25) is 9.78 Å². The van der Waals surface area contributed by atoms with Gasteiger partial charge < -0.3 is 5.32 Å².